The molecule has 5 rings (SSSR count). The second kappa shape index (κ2) is 8.95. The fourth-order valence-electron chi connectivity index (χ4n) is 5.74. The number of hydrogen-bond donors (Lipinski definition) is 0. The lowest BCUT2D eigenvalue weighted by atomic mass is 9.76. The number of rotatable bonds is 4. The Balaban J connectivity index is 1.29. The van der Waals surface area contributed by atoms with Crippen molar-refractivity contribution in [3.8, 4) is 5.75 Å². The van der Waals surface area contributed by atoms with E-state index in [1.54, 1.807) is 29.2 Å². The van der Waals surface area contributed by atoms with Crippen LogP contribution in [0.3, 0.4) is 0 Å². The zero-order valence-corrected chi connectivity index (χ0v) is 20.3. The van der Waals surface area contributed by atoms with Crippen LogP contribution < -0.4 is 14.5 Å². The van der Waals surface area contributed by atoms with E-state index in [2.05, 4.69) is 6.92 Å². The minimum atomic E-state index is -0.591. The first-order valence-electron chi connectivity index (χ1n) is 12.3. The van der Waals surface area contributed by atoms with Gasteiger partial charge in [0, 0.05) is 24.7 Å². The average molecular weight is 475 g/mol. The predicted molar refractivity (Wildman–Crippen MR) is 131 cm³/mol. The molecule has 0 N–H and O–H groups in total. The average Bonchev–Trinajstić information content (AvgIpc) is 3.31. The molecule has 1 saturated carbocycles. The minimum absolute atomic E-state index is 0.0798. The quantitative estimate of drug-likeness (QED) is 0.377. The van der Waals surface area contributed by atoms with Gasteiger partial charge in [-0.15, -0.1) is 0 Å². The van der Waals surface area contributed by atoms with Crippen molar-refractivity contribution in [3.63, 3.8) is 0 Å². The maximum Gasteiger partial charge on any atom is 0.316 e. The van der Waals surface area contributed by atoms with Gasteiger partial charge in [0.25, 0.3) is 0 Å². The molecule has 2 aromatic carbocycles. The first-order valence-corrected chi connectivity index (χ1v) is 12.3. The molecule has 0 bridgehead atoms. The number of aryl methyl sites for hydroxylation is 2. The standard InChI is InChI=1S/C28H30N2O5/c1-16-8-10-24(18(3)11-16)29-15-19(13-25(29)31)28(34)35-21-6-4-5-20(14-21)30-26(32)22-9-7-17(2)12-23(22)27(30)33/h4-6,8,10-11,14,17,19,22-23H,7,9,12-13,15H2,1-3H3/t17-,19+,22+,23+/m0/s1. The monoisotopic (exact) mass is 474 g/mol. The molecule has 0 unspecified atom stereocenters. The van der Waals surface area contributed by atoms with Crippen molar-refractivity contribution in [2.24, 2.45) is 23.7 Å². The lowest BCUT2D eigenvalue weighted by molar-refractivity contribution is -0.139. The zero-order chi connectivity index (χ0) is 24.9. The summed E-state index contributed by atoms with van der Waals surface area (Å²) in [6.45, 7) is 6.32. The highest BCUT2D eigenvalue weighted by Crippen LogP contribution is 2.42. The molecular weight excluding hydrogens is 444 g/mol. The summed E-state index contributed by atoms with van der Waals surface area (Å²) in [6, 6.07) is 12.4. The van der Waals surface area contributed by atoms with Gasteiger partial charge in [-0.1, -0.05) is 30.7 Å². The zero-order valence-electron chi connectivity index (χ0n) is 20.3. The van der Waals surface area contributed by atoms with E-state index in [0.717, 1.165) is 36.1 Å². The minimum Gasteiger partial charge on any atom is -0.426 e. The van der Waals surface area contributed by atoms with Gasteiger partial charge in [0.1, 0.15) is 5.75 Å². The topological polar surface area (TPSA) is 84.0 Å². The predicted octanol–water partition coefficient (Wildman–Crippen LogP) is 4.19. The first-order chi connectivity index (χ1) is 16.7. The van der Waals surface area contributed by atoms with Gasteiger partial charge in [0.05, 0.1) is 23.4 Å². The molecule has 0 spiro atoms. The van der Waals surface area contributed by atoms with Crippen molar-refractivity contribution in [1.82, 2.24) is 0 Å². The van der Waals surface area contributed by atoms with Crippen LogP contribution >= 0.6 is 0 Å². The number of benzene rings is 2. The summed E-state index contributed by atoms with van der Waals surface area (Å²) in [7, 11) is 0. The van der Waals surface area contributed by atoms with Gasteiger partial charge in [-0.25, -0.2) is 4.90 Å². The van der Waals surface area contributed by atoms with Crippen molar-refractivity contribution in [3.05, 3.63) is 53.6 Å². The molecule has 4 atom stereocenters. The first kappa shape index (κ1) is 23.3. The maximum atomic E-state index is 13.0. The number of fused-ring (bicyclic) bond motifs is 1. The Morgan fingerprint density at radius 2 is 1.74 bits per heavy atom. The third kappa shape index (κ3) is 4.24. The summed E-state index contributed by atoms with van der Waals surface area (Å²) in [6.07, 6.45) is 2.49. The van der Waals surface area contributed by atoms with Gasteiger partial charge in [-0.3, -0.25) is 19.2 Å². The highest BCUT2D eigenvalue weighted by atomic mass is 16.5. The number of amides is 3. The molecule has 2 saturated heterocycles. The SMILES string of the molecule is Cc1ccc(N2C[C@H](C(=O)Oc3cccc(N4C(=O)[C@@H]5CC[C@H](C)C[C@H]5C4=O)c3)CC2=O)c(C)c1. The Kier molecular flexibility index (Phi) is 5.95. The van der Waals surface area contributed by atoms with E-state index in [9.17, 15) is 19.2 Å². The van der Waals surface area contributed by atoms with Crippen molar-refractivity contribution in [2.45, 2.75) is 46.5 Å². The van der Waals surface area contributed by atoms with Gasteiger partial charge >= 0.3 is 5.97 Å². The third-order valence-corrected chi connectivity index (χ3v) is 7.58. The number of carbonyl (C=O) groups is 4. The lowest BCUT2D eigenvalue weighted by Gasteiger charge is -2.25. The Hall–Kier alpha value is -3.48. The normalized spacial score (nSPS) is 26.3. The van der Waals surface area contributed by atoms with Crippen molar-refractivity contribution in [2.75, 3.05) is 16.3 Å². The largest absolute Gasteiger partial charge is 0.426 e. The second-order valence-electron chi connectivity index (χ2n) is 10.3. The number of ether oxygens (including phenoxy) is 1. The Labute approximate surface area is 205 Å². The molecule has 1 aliphatic carbocycles. The molecule has 2 aromatic rings. The van der Waals surface area contributed by atoms with Crippen molar-refractivity contribution < 1.29 is 23.9 Å². The highest BCUT2D eigenvalue weighted by molar-refractivity contribution is 6.22. The summed E-state index contributed by atoms with van der Waals surface area (Å²) in [5.74, 6) is -1.37. The molecule has 0 radical (unpaired) electrons. The third-order valence-electron chi connectivity index (χ3n) is 7.58. The second-order valence-corrected chi connectivity index (χ2v) is 10.3. The fourth-order valence-corrected chi connectivity index (χ4v) is 5.74. The van der Waals surface area contributed by atoms with Crippen LogP contribution in [-0.4, -0.2) is 30.2 Å². The Morgan fingerprint density at radius 3 is 2.51 bits per heavy atom. The van der Waals surface area contributed by atoms with Crippen molar-refractivity contribution in [1.29, 1.82) is 0 Å². The molecule has 2 heterocycles. The van der Waals surface area contributed by atoms with Crippen LogP contribution in [0.15, 0.2) is 42.5 Å². The Morgan fingerprint density at radius 1 is 0.971 bits per heavy atom. The van der Waals surface area contributed by atoms with Crippen LogP contribution in [0.25, 0.3) is 0 Å². The number of carbonyl (C=O) groups excluding carboxylic acids is 4. The number of esters is 1. The molecule has 35 heavy (non-hydrogen) atoms. The van der Waals surface area contributed by atoms with Crippen LogP contribution in [0, 0.1) is 37.5 Å². The molecule has 7 nitrogen and oxygen atoms in total. The number of anilines is 2. The van der Waals surface area contributed by atoms with E-state index < -0.39 is 11.9 Å². The molecule has 2 aliphatic heterocycles. The van der Waals surface area contributed by atoms with Crippen molar-refractivity contribution >= 4 is 35.1 Å². The summed E-state index contributed by atoms with van der Waals surface area (Å²) < 4.78 is 5.62. The van der Waals surface area contributed by atoms with E-state index in [0.29, 0.717) is 11.6 Å². The molecule has 182 valence electrons. The lowest BCUT2D eigenvalue weighted by Crippen LogP contribution is -2.31. The fraction of sp³-hybridized carbons (Fsp3) is 0.429. The Bertz CT molecular complexity index is 1220. The van der Waals surface area contributed by atoms with Gasteiger partial charge in [-0.05, 0) is 62.8 Å². The van der Waals surface area contributed by atoms with E-state index in [4.69, 9.17) is 4.74 Å². The summed E-state index contributed by atoms with van der Waals surface area (Å²) in [5.41, 5.74) is 3.32. The molecular formula is C28H30N2O5. The number of imide groups is 1. The summed E-state index contributed by atoms with van der Waals surface area (Å²) in [4.78, 5) is 54.5. The van der Waals surface area contributed by atoms with Gasteiger partial charge in [0.15, 0.2) is 0 Å². The maximum absolute atomic E-state index is 13.0. The van der Waals surface area contributed by atoms with Gasteiger partial charge in [0.2, 0.25) is 17.7 Å². The van der Waals surface area contributed by atoms with E-state index in [-0.39, 0.29) is 48.3 Å². The van der Waals surface area contributed by atoms with Crippen LogP contribution in [0.2, 0.25) is 0 Å². The van der Waals surface area contributed by atoms with Crippen LogP contribution in [0.5, 0.6) is 5.75 Å². The van der Waals surface area contributed by atoms with E-state index in [1.807, 2.05) is 32.0 Å². The smallest absolute Gasteiger partial charge is 0.316 e. The van der Waals surface area contributed by atoms with Gasteiger partial charge in [-0.2, -0.15) is 0 Å². The summed E-state index contributed by atoms with van der Waals surface area (Å²) >= 11 is 0. The van der Waals surface area contributed by atoms with E-state index >= 15 is 0 Å². The van der Waals surface area contributed by atoms with Gasteiger partial charge < -0.3 is 9.64 Å². The molecule has 3 fully saturated rings. The molecule has 3 amide bonds. The number of nitrogens with zero attached hydrogens (tertiary/aromatic N) is 2. The van der Waals surface area contributed by atoms with Crippen LogP contribution in [0.4, 0.5) is 11.4 Å². The van der Waals surface area contributed by atoms with Crippen LogP contribution in [-0.2, 0) is 19.2 Å². The summed E-state index contributed by atoms with van der Waals surface area (Å²) in [5, 5.41) is 0. The number of hydrogen-bond acceptors (Lipinski definition) is 5. The van der Waals surface area contributed by atoms with Crippen LogP contribution in [0.1, 0.15) is 43.7 Å². The molecule has 0 aromatic heterocycles. The molecule has 7 heteroatoms. The molecule has 3 aliphatic rings. The van der Waals surface area contributed by atoms with E-state index in [1.165, 1.54) is 4.90 Å². The highest BCUT2D eigenvalue weighted by Gasteiger charge is 2.50.